The van der Waals surface area contributed by atoms with Gasteiger partial charge >= 0.3 is 0 Å². The van der Waals surface area contributed by atoms with Crippen molar-refractivity contribution < 1.29 is 0 Å². The van der Waals surface area contributed by atoms with Crippen molar-refractivity contribution in [2.45, 2.75) is 6.82 Å². The largest absolute Gasteiger partial charge is 0.273 e. The summed E-state index contributed by atoms with van der Waals surface area (Å²) in [6, 6.07) is 9.68. The van der Waals surface area contributed by atoms with Gasteiger partial charge in [0, 0.05) is 0 Å². The van der Waals surface area contributed by atoms with Crippen molar-refractivity contribution in [3.8, 4) is 0 Å². The van der Waals surface area contributed by atoms with Gasteiger partial charge in [0.2, 0.25) is 0 Å². The zero-order valence-electron chi connectivity index (χ0n) is 6.31. The van der Waals surface area contributed by atoms with E-state index in [4.69, 9.17) is 5.53 Å². The van der Waals surface area contributed by atoms with Crippen LogP contribution in [0.1, 0.15) is 0 Å². The van der Waals surface area contributed by atoms with Crippen LogP contribution in [0.25, 0.3) is 10.4 Å². The third-order valence-electron chi connectivity index (χ3n) is 1.51. The van der Waals surface area contributed by atoms with E-state index in [9.17, 15) is 0 Å². The van der Waals surface area contributed by atoms with Crippen LogP contribution in [-0.2, 0) is 0 Å². The van der Waals surface area contributed by atoms with Gasteiger partial charge in [-0.15, -0.1) is 5.03 Å². The van der Waals surface area contributed by atoms with Crippen LogP contribution in [0.4, 0.5) is 0 Å². The van der Waals surface area contributed by atoms with Crippen LogP contribution in [0.3, 0.4) is 0 Å². The molecule has 0 radical (unpaired) electrons. The maximum Gasteiger partial charge on any atom is 0.273 e. The van der Waals surface area contributed by atoms with Crippen LogP contribution in [0.2, 0.25) is 6.82 Å². The molecule has 0 saturated carbocycles. The molecular formula is C7H8BN3. The van der Waals surface area contributed by atoms with Crippen molar-refractivity contribution >= 4 is 12.3 Å². The van der Waals surface area contributed by atoms with E-state index in [1.165, 1.54) is 0 Å². The summed E-state index contributed by atoms with van der Waals surface area (Å²) in [5.74, 6) is 0. The highest BCUT2D eigenvalue weighted by Crippen LogP contribution is 1.89. The van der Waals surface area contributed by atoms with E-state index in [0.29, 0.717) is 0 Å². The Balaban J connectivity index is 2.84. The number of azide groups is 1. The first kappa shape index (κ1) is 7.70. The number of nitrogens with zero attached hydrogens (tertiary/aromatic N) is 3. The summed E-state index contributed by atoms with van der Waals surface area (Å²) in [4.78, 5) is 2.74. The van der Waals surface area contributed by atoms with Gasteiger partial charge in [-0.25, -0.2) is 0 Å². The molecule has 4 heteroatoms. The molecule has 3 nitrogen and oxygen atoms in total. The summed E-state index contributed by atoms with van der Waals surface area (Å²) < 4.78 is 0. The quantitative estimate of drug-likeness (QED) is 0.264. The monoisotopic (exact) mass is 145 g/mol. The molecule has 0 saturated heterocycles. The molecule has 54 valence electrons. The van der Waals surface area contributed by atoms with Crippen LogP contribution in [-0.4, -0.2) is 6.85 Å². The summed E-state index contributed by atoms with van der Waals surface area (Å²) in [5.41, 5.74) is 9.20. The molecule has 0 N–H and O–H groups in total. The predicted molar refractivity (Wildman–Crippen MR) is 46.8 cm³/mol. The van der Waals surface area contributed by atoms with Crippen molar-refractivity contribution in [2.75, 3.05) is 0 Å². The molecule has 0 aliphatic carbocycles. The Kier molecular flexibility index (Phi) is 2.58. The molecule has 1 aromatic carbocycles. The van der Waals surface area contributed by atoms with Crippen molar-refractivity contribution in [1.82, 2.24) is 0 Å². The number of hydrogen-bond donors (Lipinski definition) is 0. The first-order chi connectivity index (χ1) is 5.34. The van der Waals surface area contributed by atoms with Crippen molar-refractivity contribution in [2.24, 2.45) is 5.03 Å². The smallest absolute Gasteiger partial charge is 0.142 e. The second kappa shape index (κ2) is 3.69. The van der Waals surface area contributed by atoms with Gasteiger partial charge in [0.1, 0.15) is 0 Å². The molecule has 0 atom stereocenters. The first-order valence-corrected chi connectivity index (χ1v) is 3.43. The Labute approximate surface area is 65.8 Å². The molecule has 0 heterocycles. The second-order valence-corrected chi connectivity index (χ2v) is 2.29. The summed E-state index contributed by atoms with van der Waals surface area (Å²) >= 11 is 0. The summed E-state index contributed by atoms with van der Waals surface area (Å²) in [6.45, 7) is 1.80. The molecular weight excluding hydrogens is 137 g/mol. The van der Waals surface area contributed by atoms with Gasteiger partial charge in [0.05, 0.1) is 0 Å². The highest BCUT2D eigenvalue weighted by atomic mass is 15.1. The summed E-state index contributed by atoms with van der Waals surface area (Å²) in [6.07, 6.45) is 0. The highest BCUT2D eigenvalue weighted by Gasteiger charge is 2.04. The fraction of sp³-hybridized carbons (Fsp3) is 0.143. The molecule has 1 aromatic rings. The predicted octanol–water partition coefficient (Wildman–Crippen LogP) is 1.83. The lowest BCUT2D eigenvalue weighted by Crippen LogP contribution is -2.22. The third kappa shape index (κ3) is 2.02. The average Bonchev–Trinajstić information content (AvgIpc) is 2.07. The average molecular weight is 145 g/mol. The molecule has 1 rings (SSSR count). The molecule has 0 bridgehead atoms. The zero-order valence-corrected chi connectivity index (χ0v) is 6.31. The van der Waals surface area contributed by atoms with Crippen LogP contribution < -0.4 is 5.46 Å². The van der Waals surface area contributed by atoms with Crippen LogP contribution in [0, 0.1) is 0 Å². The third-order valence-corrected chi connectivity index (χ3v) is 1.51. The van der Waals surface area contributed by atoms with E-state index >= 15 is 0 Å². The lowest BCUT2D eigenvalue weighted by atomic mass is 9.60. The van der Waals surface area contributed by atoms with Gasteiger partial charge in [-0.05, 0) is 10.4 Å². The Morgan fingerprint density at radius 1 is 1.36 bits per heavy atom. The highest BCUT2D eigenvalue weighted by molar-refractivity contribution is 6.70. The Morgan fingerprint density at radius 3 is 2.55 bits per heavy atom. The van der Waals surface area contributed by atoms with Gasteiger partial charge in [0.15, 0.2) is 0 Å². The Hall–Kier alpha value is -1.41. The van der Waals surface area contributed by atoms with Gasteiger partial charge in [-0.2, -0.15) is 0 Å². The van der Waals surface area contributed by atoms with E-state index in [1.54, 1.807) is 0 Å². The Bertz CT molecular complexity index is 266. The van der Waals surface area contributed by atoms with Crippen LogP contribution in [0.15, 0.2) is 35.4 Å². The normalized spacial score (nSPS) is 8.45. The minimum Gasteiger partial charge on any atom is -0.142 e. The number of rotatable bonds is 2. The standard InChI is InChI=1S/C7H8BN3/c1-8(10-11-9)7-5-3-2-4-6-7/h2-6H,1H3. The molecule has 0 amide bonds. The van der Waals surface area contributed by atoms with Gasteiger partial charge in [-0.1, -0.05) is 42.6 Å². The number of hydrogen-bond acceptors (Lipinski definition) is 1. The van der Waals surface area contributed by atoms with E-state index in [0.717, 1.165) is 5.46 Å². The van der Waals surface area contributed by atoms with Crippen molar-refractivity contribution in [3.63, 3.8) is 0 Å². The minimum atomic E-state index is -0.0683. The molecule has 0 aromatic heterocycles. The zero-order chi connectivity index (χ0) is 8.10. The molecule has 0 aliphatic rings. The number of benzene rings is 1. The summed E-state index contributed by atoms with van der Waals surface area (Å²) in [5, 5.41) is 3.58. The molecule has 0 spiro atoms. The molecule has 0 unspecified atom stereocenters. The second-order valence-electron chi connectivity index (χ2n) is 2.29. The van der Waals surface area contributed by atoms with Crippen molar-refractivity contribution in [3.05, 3.63) is 40.8 Å². The van der Waals surface area contributed by atoms with Crippen LogP contribution >= 0.6 is 0 Å². The van der Waals surface area contributed by atoms with Gasteiger partial charge < -0.3 is 0 Å². The topological polar surface area (TPSA) is 48.8 Å². The van der Waals surface area contributed by atoms with Crippen molar-refractivity contribution in [1.29, 1.82) is 0 Å². The lowest BCUT2D eigenvalue weighted by molar-refractivity contribution is 1.64. The lowest BCUT2D eigenvalue weighted by Gasteiger charge is -1.98. The summed E-state index contributed by atoms with van der Waals surface area (Å²) in [7, 11) is 0. The minimum absolute atomic E-state index is 0.0683. The van der Waals surface area contributed by atoms with Gasteiger partial charge in [-0.3, -0.25) is 0 Å². The van der Waals surface area contributed by atoms with E-state index in [-0.39, 0.29) is 6.85 Å². The van der Waals surface area contributed by atoms with E-state index in [1.807, 2.05) is 37.2 Å². The Morgan fingerprint density at radius 2 is 2.00 bits per heavy atom. The SMILES string of the molecule is CB(N=[N+]=[N-])c1ccccc1. The fourth-order valence-corrected chi connectivity index (χ4v) is 0.876. The van der Waals surface area contributed by atoms with E-state index in [2.05, 4.69) is 9.94 Å². The molecule has 0 aliphatic heterocycles. The fourth-order valence-electron chi connectivity index (χ4n) is 0.876. The van der Waals surface area contributed by atoms with Crippen LogP contribution in [0.5, 0.6) is 0 Å². The maximum atomic E-state index is 8.16. The molecule has 11 heavy (non-hydrogen) atoms. The first-order valence-electron chi connectivity index (χ1n) is 3.43. The van der Waals surface area contributed by atoms with Gasteiger partial charge in [0.25, 0.3) is 6.85 Å². The van der Waals surface area contributed by atoms with E-state index < -0.39 is 0 Å². The maximum absolute atomic E-state index is 8.16. The molecule has 0 fully saturated rings.